The number of hydrogen-bond acceptors (Lipinski definition) is 4. The van der Waals surface area contributed by atoms with E-state index in [0.717, 1.165) is 12.5 Å². The van der Waals surface area contributed by atoms with Gasteiger partial charge in [-0.1, -0.05) is 6.07 Å². The van der Waals surface area contributed by atoms with Crippen LogP contribution in [0.3, 0.4) is 0 Å². The minimum absolute atomic E-state index is 0.0107. The number of nitrogens with zero attached hydrogens (tertiary/aromatic N) is 1. The predicted octanol–water partition coefficient (Wildman–Crippen LogP) is 2.85. The van der Waals surface area contributed by atoms with Gasteiger partial charge in [0.05, 0.1) is 24.8 Å². The number of rotatable bonds is 5. The van der Waals surface area contributed by atoms with Gasteiger partial charge >= 0.3 is 0 Å². The van der Waals surface area contributed by atoms with E-state index in [1.165, 1.54) is 6.07 Å². The van der Waals surface area contributed by atoms with Crippen molar-refractivity contribution in [2.45, 2.75) is 38.1 Å². The van der Waals surface area contributed by atoms with Gasteiger partial charge in [-0.3, -0.25) is 9.69 Å². The summed E-state index contributed by atoms with van der Waals surface area (Å²) >= 11 is 0. The molecule has 144 valence electrons. The van der Waals surface area contributed by atoms with Gasteiger partial charge in [0.15, 0.2) is 11.6 Å². The van der Waals surface area contributed by atoms with Crippen molar-refractivity contribution >= 4 is 5.91 Å². The second kappa shape index (κ2) is 7.78. The Morgan fingerprint density at radius 3 is 2.93 bits per heavy atom. The van der Waals surface area contributed by atoms with Crippen LogP contribution in [-0.4, -0.2) is 36.1 Å². The number of amides is 1. The lowest BCUT2D eigenvalue weighted by atomic mass is 9.89. The predicted molar refractivity (Wildman–Crippen MR) is 93.6 cm³/mol. The summed E-state index contributed by atoms with van der Waals surface area (Å²) in [5, 5.41) is 2.91. The number of nitrogens with one attached hydrogen (secondary N) is 1. The Hall–Kier alpha value is -2.25. The first-order chi connectivity index (χ1) is 13.1. The van der Waals surface area contributed by atoms with Crippen LogP contribution in [0.2, 0.25) is 0 Å². The minimum atomic E-state index is -0.852. The van der Waals surface area contributed by atoms with Crippen LogP contribution >= 0.6 is 0 Å². The summed E-state index contributed by atoms with van der Waals surface area (Å²) in [6, 6.07) is 7.75. The Morgan fingerprint density at radius 2 is 2.15 bits per heavy atom. The van der Waals surface area contributed by atoms with Crippen molar-refractivity contribution in [1.29, 1.82) is 0 Å². The van der Waals surface area contributed by atoms with Crippen molar-refractivity contribution < 1.29 is 22.7 Å². The number of benzene rings is 1. The molecule has 1 amide bonds. The van der Waals surface area contributed by atoms with Gasteiger partial charge in [0.2, 0.25) is 5.91 Å². The SMILES string of the molecule is O=C(NCc1ccco1)[C@H]1C[C@H]2OCC[C@H]2N(Cc2ccc(F)c(F)c2)C1. The first-order valence-electron chi connectivity index (χ1n) is 9.20. The molecule has 0 unspecified atom stereocenters. The molecule has 0 spiro atoms. The Bertz CT molecular complexity index is 797. The molecule has 0 aliphatic carbocycles. The summed E-state index contributed by atoms with van der Waals surface area (Å²) in [6.45, 7) is 2.03. The topological polar surface area (TPSA) is 54.7 Å². The van der Waals surface area contributed by atoms with Gasteiger partial charge in [0.25, 0.3) is 0 Å². The molecule has 1 aromatic carbocycles. The van der Waals surface area contributed by atoms with Gasteiger partial charge in [0, 0.05) is 25.7 Å². The molecule has 0 radical (unpaired) electrons. The first-order valence-corrected chi connectivity index (χ1v) is 9.20. The molecule has 2 aromatic rings. The third-order valence-corrected chi connectivity index (χ3v) is 5.37. The van der Waals surface area contributed by atoms with E-state index < -0.39 is 11.6 Å². The zero-order valence-corrected chi connectivity index (χ0v) is 14.9. The van der Waals surface area contributed by atoms with Gasteiger partial charge in [-0.2, -0.15) is 0 Å². The normalized spacial score (nSPS) is 25.3. The molecule has 2 aliphatic heterocycles. The monoisotopic (exact) mass is 376 g/mol. The Morgan fingerprint density at radius 1 is 1.26 bits per heavy atom. The van der Waals surface area contributed by atoms with E-state index in [9.17, 15) is 13.6 Å². The van der Waals surface area contributed by atoms with E-state index in [0.29, 0.717) is 44.0 Å². The maximum Gasteiger partial charge on any atom is 0.224 e. The van der Waals surface area contributed by atoms with Gasteiger partial charge in [0.1, 0.15) is 5.76 Å². The number of likely N-dealkylation sites (tertiary alicyclic amines) is 1. The van der Waals surface area contributed by atoms with Gasteiger partial charge < -0.3 is 14.5 Å². The van der Waals surface area contributed by atoms with E-state index in [-0.39, 0.29) is 24.0 Å². The Balaban J connectivity index is 1.43. The van der Waals surface area contributed by atoms with Crippen LogP contribution < -0.4 is 5.32 Å². The third-order valence-electron chi connectivity index (χ3n) is 5.37. The highest BCUT2D eigenvalue weighted by Gasteiger charge is 2.42. The summed E-state index contributed by atoms with van der Waals surface area (Å²) in [4.78, 5) is 14.8. The van der Waals surface area contributed by atoms with Crippen LogP contribution in [0.25, 0.3) is 0 Å². The molecule has 5 nitrogen and oxygen atoms in total. The van der Waals surface area contributed by atoms with E-state index in [4.69, 9.17) is 9.15 Å². The standard InChI is InChI=1S/C20H22F2N2O3/c21-16-4-3-13(8-17(16)22)11-24-12-14(9-19-18(24)5-7-27-19)20(25)23-10-15-2-1-6-26-15/h1-4,6,8,14,18-19H,5,7,9-12H2,(H,23,25)/t14-,18+,19+/m0/s1. The van der Waals surface area contributed by atoms with Crippen molar-refractivity contribution in [3.8, 4) is 0 Å². The summed E-state index contributed by atoms with van der Waals surface area (Å²) in [5.41, 5.74) is 0.691. The van der Waals surface area contributed by atoms with Gasteiger partial charge in [-0.25, -0.2) is 8.78 Å². The molecule has 0 saturated carbocycles. The van der Waals surface area contributed by atoms with E-state index >= 15 is 0 Å². The molecule has 3 atom stereocenters. The van der Waals surface area contributed by atoms with Crippen LogP contribution in [-0.2, 0) is 22.6 Å². The maximum atomic E-state index is 13.6. The number of carbonyl (C=O) groups excluding carboxylic acids is 1. The van der Waals surface area contributed by atoms with Crippen LogP contribution in [0.15, 0.2) is 41.0 Å². The van der Waals surface area contributed by atoms with Crippen LogP contribution in [0.1, 0.15) is 24.2 Å². The zero-order chi connectivity index (χ0) is 18.8. The molecule has 1 aromatic heterocycles. The molecule has 4 rings (SSSR count). The number of halogens is 2. The lowest BCUT2D eigenvalue weighted by molar-refractivity contribution is -0.130. The molecule has 2 saturated heterocycles. The van der Waals surface area contributed by atoms with Crippen molar-refractivity contribution in [3.05, 3.63) is 59.6 Å². The van der Waals surface area contributed by atoms with Crippen molar-refractivity contribution in [3.63, 3.8) is 0 Å². The van der Waals surface area contributed by atoms with Crippen LogP contribution in [0.4, 0.5) is 8.78 Å². The summed E-state index contributed by atoms with van der Waals surface area (Å²) < 4.78 is 37.8. The Labute approximate surface area is 156 Å². The van der Waals surface area contributed by atoms with E-state index in [1.54, 1.807) is 18.4 Å². The number of fused-ring (bicyclic) bond motifs is 1. The van der Waals surface area contributed by atoms with Crippen LogP contribution in [0, 0.1) is 17.6 Å². The molecular weight excluding hydrogens is 354 g/mol. The highest BCUT2D eigenvalue weighted by atomic mass is 19.2. The quantitative estimate of drug-likeness (QED) is 0.872. The summed E-state index contributed by atoms with van der Waals surface area (Å²) in [5.74, 6) is -1.26. The largest absolute Gasteiger partial charge is 0.467 e. The molecule has 27 heavy (non-hydrogen) atoms. The lowest BCUT2D eigenvalue weighted by Gasteiger charge is -2.40. The molecule has 0 bridgehead atoms. The minimum Gasteiger partial charge on any atom is -0.467 e. The average molecular weight is 376 g/mol. The number of carbonyl (C=O) groups is 1. The van der Waals surface area contributed by atoms with Crippen molar-refractivity contribution in [1.82, 2.24) is 10.2 Å². The van der Waals surface area contributed by atoms with Gasteiger partial charge in [-0.15, -0.1) is 0 Å². The highest BCUT2D eigenvalue weighted by Crippen LogP contribution is 2.32. The van der Waals surface area contributed by atoms with Crippen molar-refractivity contribution in [2.75, 3.05) is 13.2 Å². The summed E-state index contributed by atoms with van der Waals surface area (Å²) in [6.07, 6.45) is 3.11. The second-order valence-corrected chi connectivity index (χ2v) is 7.17. The van der Waals surface area contributed by atoms with E-state index in [2.05, 4.69) is 10.2 Å². The fourth-order valence-corrected chi connectivity index (χ4v) is 4.03. The molecule has 3 heterocycles. The average Bonchev–Trinajstić information content (AvgIpc) is 3.34. The first kappa shape index (κ1) is 18.1. The third kappa shape index (κ3) is 4.04. The van der Waals surface area contributed by atoms with Crippen molar-refractivity contribution in [2.24, 2.45) is 5.92 Å². The molecule has 1 N–H and O–H groups in total. The second-order valence-electron chi connectivity index (χ2n) is 7.17. The highest BCUT2D eigenvalue weighted by molar-refractivity contribution is 5.79. The number of piperidine rings is 1. The summed E-state index contributed by atoms with van der Waals surface area (Å²) in [7, 11) is 0. The molecule has 2 fully saturated rings. The molecular formula is C20H22F2N2O3. The lowest BCUT2D eigenvalue weighted by Crippen LogP contribution is -2.52. The fraction of sp³-hybridized carbons (Fsp3) is 0.450. The zero-order valence-electron chi connectivity index (χ0n) is 14.9. The number of furan rings is 1. The maximum absolute atomic E-state index is 13.6. The molecule has 7 heteroatoms. The van der Waals surface area contributed by atoms with Crippen LogP contribution in [0.5, 0.6) is 0 Å². The molecule has 2 aliphatic rings. The fourth-order valence-electron chi connectivity index (χ4n) is 4.03. The Kier molecular flexibility index (Phi) is 5.22. The smallest absolute Gasteiger partial charge is 0.224 e. The number of ether oxygens (including phenoxy) is 1. The van der Waals surface area contributed by atoms with E-state index in [1.807, 2.05) is 6.07 Å². The van der Waals surface area contributed by atoms with Gasteiger partial charge in [-0.05, 0) is 42.7 Å². The number of hydrogen-bond donors (Lipinski definition) is 1.